The first-order valence-electron chi connectivity index (χ1n) is 6.29. The van der Waals surface area contributed by atoms with Crippen molar-refractivity contribution in [3.63, 3.8) is 0 Å². The van der Waals surface area contributed by atoms with Crippen molar-refractivity contribution in [3.05, 3.63) is 57.0 Å². The van der Waals surface area contributed by atoms with Crippen LogP contribution >= 0.6 is 15.9 Å². The maximum Gasteiger partial charge on any atom is 0.290 e. The van der Waals surface area contributed by atoms with Crippen LogP contribution in [0.1, 0.15) is 18.5 Å². The van der Waals surface area contributed by atoms with E-state index in [0.717, 1.165) is 5.56 Å². The summed E-state index contributed by atoms with van der Waals surface area (Å²) in [4.78, 5) is 18.5. The van der Waals surface area contributed by atoms with E-state index in [9.17, 15) is 9.90 Å². The average Bonchev–Trinajstić information content (AvgIpc) is 2.48. The number of hydrogen-bond donors (Lipinski definition) is 3. The summed E-state index contributed by atoms with van der Waals surface area (Å²) in [5, 5.41) is 12.5. The third-order valence-electron chi connectivity index (χ3n) is 3.06. The molecule has 2 aromatic rings. The van der Waals surface area contributed by atoms with Gasteiger partial charge in [-0.25, -0.2) is 4.98 Å². The van der Waals surface area contributed by atoms with Gasteiger partial charge in [0.05, 0.1) is 6.04 Å². The Kier molecular flexibility index (Phi) is 4.92. The molecule has 3 N–H and O–H groups in total. The van der Waals surface area contributed by atoms with E-state index in [1.165, 1.54) is 6.20 Å². The highest BCUT2D eigenvalue weighted by Gasteiger charge is 2.20. The van der Waals surface area contributed by atoms with Crippen molar-refractivity contribution in [1.82, 2.24) is 9.97 Å². The number of aromatic nitrogens is 2. The lowest BCUT2D eigenvalue weighted by atomic mass is 9.95. The molecule has 2 atom stereocenters. The Morgan fingerprint density at radius 2 is 2.10 bits per heavy atom. The maximum absolute atomic E-state index is 11.8. The van der Waals surface area contributed by atoms with Gasteiger partial charge in [-0.1, -0.05) is 37.3 Å². The standard InChI is InChI=1S/C14H16BrN3O2/c1-9(8-19)12(10-5-3-2-4-6-10)18-13-14(20)16-7-11(15)17-13/h2-7,9,12,19H,8H2,1H3,(H,16,20)(H,17,18)/t9-,12+/m0/s1. The van der Waals surface area contributed by atoms with Crippen LogP contribution in [0.4, 0.5) is 5.82 Å². The van der Waals surface area contributed by atoms with Gasteiger partial charge in [0, 0.05) is 18.7 Å². The highest BCUT2D eigenvalue weighted by Crippen LogP contribution is 2.24. The molecule has 0 saturated heterocycles. The summed E-state index contributed by atoms with van der Waals surface area (Å²) in [5.74, 6) is 0.172. The summed E-state index contributed by atoms with van der Waals surface area (Å²) >= 11 is 3.23. The number of anilines is 1. The molecule has 6 heteroatoms. The molecule has 0 amide bonds. The Hall–Kier alpha value is -1.66. The summed E-state index contributed by atoms with van der Waals surface area (Å²) in [6, 6.07) is 9.49. The molecule has 0 aliphatic heterocycles. The number of nitrogens with zero attached hydrogens (tertiary/aromatic N) is 1. The van der Waals surface area contributed by atoms with Crippen molar-refractivity contribution in [2.45, 2.75) is 13.0 Å². The topological polar surface area (TPSA) is 78.0 Å². The molecule has 0 saturated carbocycles. The van der Waals surface area contributed by atoms with Crippen LogP contribution in [0.5, 0.6) is 0 Å². The van der Waals surface area contributed by atoms with Gasteiger partial charge in [-0.3, -0.25) is 4.79 Å². The van der Waals surface area contributed by atoms with Gasteiger partial charge >= 0.3 is 0 Å². The van der Waals surface area contributed by atoms with Crippen LogP contribution in [0.3, 0.4) is 0 Å². The third-order valence-corrected chi connectivity index (χ3v) is 3.47. The van der Waals surface area contributed by atoms with E-state index in [2.05, 4.69) is 31.2 Å². The summed E-state index contributed by atoms with van der Waals surface area (Å²) in [6.07, 6.45) is 1.49. The van der Waals surface area contributed by atoms with E-state index in [4.69, 9.17) is 0 Å². The smallest absolute Gasteiger partial charge is 0.290 e. The molecule has 1 aromatic heterocycles. The number of aromatic amines is 1. The number of H-pyrrole nitrogens is 1. The highest BCUT2D eigenvalue weighted by atomic mass is 79.9. The van der Waals surface area contributed by atoms with Crippen LogP contribution < -0.4 is 10.9 Å². The van der Waals surface area contributed by atoms with Crippen LogP contribution in [0, 0.1) is 5.92 Å². The van der Waals surface area contributed by atoms with Crippen LogP contribution in [0.25, 0.3) is 0 Å². The lowest BCUT2D eigenvalue weighted by Crippen LogP contribution is -2.26. The molecular formula is C14H16BrN3O2. The monoisotopic (exact) mass is 337 g/mol. The van der Waals surface area contributed by atoms with E-state index in [1.54, 1.807) is 0 Å². The molecule has 0 spiro atoms. The number of hydrogen-bond acceptors (Lipinski definition) is 4. The lowest BCUT2D eigenvalue weighted by molar-refractivity contribution is 0.222. The van der Waals surface area contributed by atoms with E-state index >= 15 is 0 Å². The van der Waals surface area contributed by atoms with Gasteiger partial charge in [0.2, 0.25) is 0 Å². The van der Waals surface area contributed by atoms with Gasteiger partial charge < -0.3 is 15.4 Å². The van der Waals surface area contributed by atoms with Gasteiger partial charge in [-0.15, -0.1) is 0 Å². The third kappa shape index (κ3) is 3.46. The second-order valence-corrected chi connectivity index (χ2v) is 5.41. The van der Waals surface area contributed by atoms with E-state index in [0.29, 0.717) is 4.60 Å². The molecule has 20 heavy (non-hydrogen) atoms. The fourth-order valence-electron chi connectivity index (χ4n) is 1.95. The van der Waals surface area contributed by atoms with Crippen molar-refractivity contribution in [2.75, 3.05) is 11.9 Å². The molecule has 106 valence electrons. The molecule has 5 nitrogen and oxygen atoms in total. The van der Waals surface area contributed by atoms with Crippen LogP contribution in [-0.2, 0) is 0 Å². The SMILES string of the molecule is C[C@@H](CO)[C@@H](Nc1nc(Br)c[nH]c1=O)c1ccccc1. The Morgan fingerprint density at radius 1 is 1.40 bits per heavy atom. The van der Waals surface area contributed by atoms with Crippen molar-refractivity contribution in [1.29, 1.82) is 0 Å². The Morgan fingerprint density at radius 3 is 2.75 bits per heavy atom. The molecule has 2 rings (SSSR count). The molecule has 0 aliphatic rings. The molecule has 0 radical (unpaired) electrons. The van der Waals surface area contributed by atoms with Gasteiger partial charge in [-0.2, -0.15) is 0 Å². The van der Waals surface area contributed by atoms with E-state index < -0.39 is 0 Å². The maximum atomic E-state index is 11.8. The number of nitrogens with one attached hydrogen (secondary N) is 2. The first-order chi connectivity index (χ1) is 9.61. The Labute approximate surface area is 125 Å². The summed E-state index contributed by atoms with van der Waals surface area (Å²) < 4.78 is 0.545. The average molecular weight is 338 g/mol. The second kappa shape index (κ2) is 6.67. The zero-order valence-electron chi connectivity index (χ0n) is 11.0. The molecule has 1 aromatic carbocycles. The molecular weight excluding hydrogens is 322 g/mol. The van der Waals surface area contributed by atoms with Gasteiger partial charge in [0.15, 0.2) is 5.82 Å². The number of aliphatic hydroxyl groups excluding tert-OH is 1. The number of aliphatic hydroxyl groups is 1. The van der Waals surface area contributed by atoms with Crippen molar-refractivity contribution in [2.24, 2.45) is 5.92 Å². The Balaban J connectivity index is 2.33. The fourth-order valence-corrected chi connectivity index (χ4v) is 2.24. The minimum atomic E-state index is -0.292. The predicted molar refractivity (Wildman–Crippen MR) is 81.6 cm³/mol. The summed E-state index contributed by atoms with van der Waals surface area (Å²) in [5.41, 5.74) is 0.703. The first-order valence-corrected chi connectivity index (χ1v) is 7.08. The molecule has 0 unspecified atom stereocenters. The summed E-state index contributed by atoms with van der Waals surface area (Å²) in [6.45, 7) is 1.93. The molecule has 0 fully saturated rings. The highest BCUT2D eigenvalue weighted by molar-refractivity contribution is 9.10. The van der Waals surface area contributed by atoms with Gasteiger partial charge in [0.25, 0.3) is 5.56 Å². The van der Waals surface area contributed by atoms with Crippen LogP contribution in [0.15, 0.2) is 45.9 Å². The Bertz CT molecular complexity index is 615. The van der Waals surface area contributed by atoms with Crippen LogP contribution in [0.2, 0.25) is 0 Å². The van der Waals surface area contributed by atoms with Gasteiger partial charge in [-0.05, 0) is 21.5 Å². The predicted octanol–water partition coefficient (Wildman–Crippen LogP) is 2.31. The minimum Gasteiger partial charge on any atom is -0.396 e. The van der Waals surface area contributed by atoms with Crippen LogP contribution in [-0.4, -0.2) is 21.7 Å². The lowest BCUT2D eigenvalue weighted by Gasteiger charge is -2.24. The van der Waals surface area contributed by atoms with Crippen molar-refractivity contribution < 1.29 is 5.11 Å². The fraction of sp³-hybridized carbons (Fsp3) is 0.286. The van der Waals surface area contributed by atoms with Gasteiger partial charge in [0.1, 0.15) is 4.60 Å². The molecule has 0 bridgehead atoms. The normalized spacial score (nSPS) is 13.8. The van der Waals surface area contributed by atoms with E-state index in [1.807, 2.05) is 37.3 Å². The van der Waals surface area contributed by atoms with E-state index in [-0.39, 0.29) is 29.9 Å². The zero-order valence-corrected chi connectivity index (χ0v) is 12.6. The largest absolute Gasteiger partial charge is 0.396 e. The second-order valence-electron chi connectivity index (χ2n) is 4.59. The molecule has 0 aliphatic carbocycles. The van der Waals surface area contributed by atoms with Crippen molar-refractivity contribution in [3.8, 4) is 0 Å². The van der Waals surface area contributed by atoms with Crippen molar-refractivity contribution >= 4 is 21.7 Å². The number of rotatable bonds is 5. The molecule has 1 heterocycles. The zero-order chi connectivity index (χ0) is 14.5. The number of benzene rings is 1. The summed E-state index contributed by atoms with van der Waals surface area (Å²) in [7, 11) is 0. The first kappa shape index (κ1) is 14.7. The number of halogens is 1. The minimum absolute atomic E-state index is 0.0124. The quantitative estimate of drug-likeness (QED) is 0.782.